The number of fused-ring (bicyclic) bond motifs is 1. The number of carbonyl (C=O) groups excluding carboxylic acids is 1. The van der Waals surface area contributed by atoms with Crippen LogP contribution in [0.25, 0.3) is 0 Å². The molecule has 128 valence electrons. The molecular formula is C20H21N3O2. The first-order valence-corrected chi connectivity index (χ1v) is 8.67. The van der Waals surface area contributed by atoms with Crippen LogP contribution in [0.15, 0.2) is 36.5 Å². The number of nitriles is 1. The minimum absolute atomic E-state index is 0.111. The normalized spacial score (nSPS) is 13.3. The summed E-state index contributed by atoms with van der Waals surface area (Å²) in [6.45, 7) is 3.76. The van der Waals surface area contributed by atoms with Gasteiger partial charge in [-0.2, -0.15) is 5.26 Å². The summed E-state index contributed by atoms with van der Waals surface area (Å²) in [5.41, 5.74) is 2.28. The summed E-state index contributed by atoms with van der Waals surface area (Å²) in [5.74, 6) is 1.20. The standard InChI is InChI=1S/C20H21N3O2/c1-2-3-4-10-23-11-9-16-12-17(6-7-18(16)20(23)24)25-19-8-5-15(13-21)14-22-19/h5-8,12,14H,2-4,9-11H2,1H3. The minimum Gasteiger partial charge on any atom is -0.439 e. The van der Waals surface area contributed by atoms with Crippen molar-refractivity contribution in [3.63, 3.8) is 0 Å². The van der Waals surface area contributed by atoms with Crippen molar-refractivity contribution < 1.29 is 9.53 Å². The Kier molecular flexibility index (Phi) is 5.30. The van der Waals surface area contributed by atoms with Crippen molar-refractivity contribution in [3.8, 4) is 17.7 Å². The van der Waals surface area contributed by atoms with Gasteiger partial charge in [0.05, 0.1) is 5.56 Å². The van der Waals surface area contributed by atoms with Crippen LogP contribution < -0.4 is 4.74 Å². The van der Waals surface area contributed by atoms with Crippen molar-refractivity contribution in [3.05, 3.63) is 53.2 Å². The van der Waals surface area contributed by atoms with Crippen LogP contribution in [-0.4, -0.2) is 28.9 Å². The molecule has 25 heavy (non-hydrogen) atoms. The average molecular weight is 335 g/mol. The summed E-state index contributed by atoms with van der Waals surface area (Å²) in [6.07, 6.45) is 5.68. The Labute approximate surface area is 147 Å². The number of rotatable bonds is 6. The molecule has 0 saturated heterocycles. The highest BCUT2D eigenvalue weighted by molar-refractivity contribution is 5.96. The molecule has 1 aliphatic heterocycles. The third-order valence-electron chi connectivity index (χ3n) is 4.36. The van der Waals surface area contributed by atoms with E-state index in [0.29, 0.717) is 17.2 Å². The number of pyridine rings is 1. The molecule has 1 aromatic carbocycles. The Balaban J connectivity index is 1.70. The van der Waals surface area contributed by atoms with Crippen LogP contribution in [0.2, 0.25) is 0 Å². The Hall–Kier alpha value is -2.87. The number of aromatic nitrogens is 1. The molecule has 1 amide bonds. The molecule has 5 heteroatoms. The van der Waals surface area contributed by atoms with E-state index < -0.39 is 0 Å². The van der Waals surface area contributed by atoms with Gasteiger partial charge in [-0.05, 0) is 42.7 Å². The highest BCUT2D eigenvalue weighted by atomic mass is 16.5. The second kappa shape index (κ2) is 7.80. The molecule has 0 aliphatic carbocycles. The zero-order valence-electron chi connectivity index (χ0n) is 14.4. The SMILES string of the molecule is CCCCCN1CCc2cc(Oc3ccc(C#N)cn3)ccc2C1=O. The molecule has 0 atom stereocenters. The highest BCUT2D eigenvalue weighted by Gasteiger charge is 2.24. The van der Waals surface area contributed by atoms with Gasteiger partial charge >= 0.3 is 0 Å². The van der Waals surface area contributed by atoms with Gasteiger partial charge in [-0.1, -0.05) is 19.8 Å². The first-order chi connectivity index (χ1) is 12.2. The third-order valence-corrected chi connectivity index (χ3v) is 4.36. The molecule has 0 bridgehead atoms. The molecule has 0 saturated carbocycles. The van der Waals surface area contributed by atoms with Gasteiger partial charge < -0.3 is 9.64 Å². The van der Waals surface area contributed by atoms with E-state index in [-0.39, 0.29) is 5.91 Å². The van der Waals surface area contributed by atoms with Crippen molar-refractivity contribution in [2.45, 2.75) is 32.6 Å². The summed E-state index contributed by atoms with van der Waals surface area (Å²) >= 11 is 0. The fourth-order valence-corrected chi connectivity index (χ4v) is 2.97. The summed E-state index contributed by atoms with van der Waals surface area (Å²) in [6, 6.07) is 10.9. The number of ether oxygens (including phenoxy) is 1. The van der Waals surface area contributed by atoms with Crippen LogP contribution in [0.3, 0.4) is 0 Å². The monoisotopic (exact) mass is 335 g/mol. The quantitative estimate of drug-likeness (QED) is 0.750. The Morgan fingerprint density at radius 3 is 2.88 bits per heavy atom. The fourth-order valence-electron chi connectivity index (χ4n) is 2.97. The largest absolute Gasteiger partial charge is 0.439 e. The third kappa shape index (κ3) is 3.97. The lowest BCUT2D eigenvalue weighted by Crippen LogP contribution is -2.38. The number of hydrogen-bond donors (Lipinski definition) is 0. The zero-order valence-corrected chi connectivity index (χ0v) is 14.4. The average Bonchev–Trinajstić information content (AvgIpc) is 2.64. The van der Waals surface area contributed by atoms with Crippen LogP contribution in [0.4, 0.5) is 0 Å². The maximum absolute atomic E-state index is 12.6. The second-order valence-corrected chi connectivity index (χ2v) is 6.17. The van der Waals surface area contributed by atoms with Gasteiger partial charge in [-0.25, -0.2) is 4.98 Å². The molecule has 5 nitrogen and oxygen atoms in total. The lowest BCUT2D eigenvalue weighted by Gasteiger charge is -2.28. The molecule has 3 rings (SSSR count). The Bertz CT molecular complexity index is 794. The van der Waals surface area contributed by atoms with Gasteiger partial charge in [0.2, 0.25) is 5.88 Å². The highest BCUT2D eigenvalue weighted by Crippen LogP contribution is 2.27. The number of benzene rings is 1. The van der Waals surface area contributed by atoms with E-state index in [4.69, 9.17) is 10.00 Å². The van der Waals surface area contributed by atoms with Crippen LogP contribution in [0.5, 0.6) is 11.6 Å². The lowest BCUT2D eigenvalue weighted by molar-refractivity contribution is 0.0737. The summed E-state index contributed by atoms with van der Waals surface area (Å²) in [4.78, 5) is 18.6. The maximum atomic E-state index is 12.6. The molecule has 0 radical (unpaired) electrons. The lowest BCUT2D eigenvalue weighted by atomic mass is 9.98. The van der Waals surface area contributed by atoms with E-state index in [1.54, 1.807) is 18.2 Å². The summed E-state index contributed by atoms with van der Waals surface area (Å²) < 4.78 is 5.74. The molecule has 0 N–H and O–H groups in total. The van der Waals surface area contributed by atoms with Crippen molar-refractivity contribution in [2.24, 2.45) is 0 Å². The fraction of sp³-hybridized carbons (Fsp3) is 0.350. The topological polar surface area (TPSA) is 66.2 Å². The molecule has 2 heterocycles. The predicted octanol–water partition coefficient (Wildman–Crippen LogP) is 3.93. The van der Waals surface area contributed by atoms with Crippen LogP contribution in [0, 0.1) is 11.3 Å². The van der Waals surface area contributed by atoms with E-state index in [1.807, 2.05) is 23.1 Å². The van der Waals surface area contributed by atoms with Gasteiger partial charge in [0.15, 0.2) is 0 Å². The van der Waals surface area contributed by atoms with E-state index >= 15 is 0 Å². The van der Waals surface area contributed by atoms with Gasteiger partial charge in [0, 0.05) is 30.9 Å². The second-order valence-electron chi connectivity index (χ2n) is 6.17. The smallest absolute Gasteiger partial charge is 0.254 e. The molecule has 0 fully saturated rings. The zero-order chi connectivity index (χ0) is 17.6. The van der Waals surface area contributed by atoms with Crippen molar-refractivity contribution in [1.29, 1.82) is 5.26 Å². The molecule has 1 aromatic heterocycles. The van der Waals surface area contributed by atoms with Crippen LogP contribution in [-0.2, 0) is 6.42 Å². The molecule has 2 aromatic rings. The van der Waals surface area contributed by atoms with Crippen molar-refractivity contribution >= 4 is 5.91 Å². The number of hydrogen-bond acceptors (Lipinski definition) is 4. The minimum atomic E-state index is 0.111. The maximum Gasteiger partial charge on any atom is 0.254 e. The summed E-state index contributed by atoms with van der Waals surface area (Å²) in [5, 5.41) is 8.80. The molecule has 0 unspecified atom stereocenters. The van der Waals surface area contributed by atoms with E-state index in [9.17, 15) is 4.79 Å². The van der Waals surface area contributed by atoms with Crippen LogP contribution >= 0.6 is 0 Å². The number of carbonyl (C=O) groups is 1. The van der Waals surface area contributed by atoms with Gasteiger partial charge in [-0.15, -0.1) is 0 Å². The van der Waals surface area contributed by atoms with Gasteiger partial charge in [0.25, 0.3) is 5.91 Å². The molecular weight excluding hydrogens is 314 g/mol. The summed E-state index contributed by atoms with van der Waals surface area (Å²) in [7, 11) is 0. The van der Waals surface area contributed by atoms with Crippen molar-refractivity contribution in [2.75, 3.05) is 13.1 Å². The van der Waals surface area contributed by atoms with Crippen molar-refractivity contribution in [1.82, 2.24) is 9.88 Å². The number of unbranched alkanes of at least 4 members (excludes halogenated alkanes) is 2. The van der Waals surface area contributed by atoms with Crippen LogP contribution in [0.1, 0.15) is 47.7 Å². The van der Waals surface area contributed by atoms with E-state index in [0.717, 1.165) is 49.9 Å². The Morgan fingerprint density at radius 1 is 1.28 bits per heavy atom. The Morgan fingerprint density at radius 2 is 2.16 bits per heavy atom. The predicted molar refractivity (Wildman–Crippen MR) is 94.6 cm³/mol. The van der Waals surface area contributed by atoms with E-state index in [2.05, 4.69) is 11.9 Å². The molecule has 1 aliphatic rings. The first kappa shape index (κ1) is 17.0. The first-order valence-electron chi connectivity index (χ1n) is 8.67. The van der Waals surface area contributed by atoms with E-state index in [1.165, 1.54) is 6.20 Å². The van der Waals surface area contributed by atoms with Gasteiger partial charge in [-0.3, -0.25) is 4.79 Å². The van der Waals surface area contributed by atoms with Gasteiger partial charge in [0.1, 0.15) is 11.8 Å². The number of amides is 1. The molecule has 0 spiro atoms. The number of nitrogens with zero attached hydrogens (tertiary/aromatic N) is 3.